The van der Waals surface area contributed by atoms with E-state index in [1.54, 1.807) is 26.1 Å². The van der Waals surface area contributed by atoms with Crippen molar-refractivity contribution in [3.63, 3.8) is 0 Å². The van der Waals surface area contributed by atoms with Crippen LogP contribution >= 0.6 is 23.2 Å². The molecule has 236 valence electrons. The van der Waals surface area contributed by atoms with Crippen molar-refractivity contribution in [1.29, 1.82) is 0 Å². The third-order valence-electron chi connectivity index (χ3n) is 6.68. The number of benzene rings is 2. The fourth-order valence-electron chi connectivity index (χ4n) is 4.46. The molecule has 4 heterocycles. The number of nitrogens with zero attached hydrogens (tertiary/aromatic N) is 7. The maximum Gasteiger partial charge on any atom is 0.248 e. The lowest BCUT2D eigenvalue weighted by Crippen LogP contribution is -2.07. The van der Waals surface area contributed by atoms with Crippen LogP contribution in [0.1, 0.15) is 5.56 Å². The van der Waals surface area contributed by atoms with Crippen LogP contribution in [0.15, 0.2) is 59.4 Å². The predicted molar refractivity (Wildman–Crippen MR) is 163 cm³/mol. The van der Waals surface area contributed by atoms with Gasteiger partial charge in [0.15, 0.2) is 23.3 Å². The van der Waals surface area contributed by atoms with Gasteiger partial charge in [0.1, 0.15) is 34.7 Å². The summed E-state index contributed by atoms with van der Waals surface area (Å²) in [7, 11) is 4.58. The number of aromatic amines is 1. The average Bonchev–Trinajstić information content (AvgIpc) is 3.56. The van der Waals surface area contributed by atoms with E-state index in [9.17, 15) is 22.4 Å². The third kappa shape index (κ3) is 6.21. The Labute approximate surface area is 268 Å². The lowest BCUT2D eigenvalue weighted by Gasteiger charge is -2.08. The molecule has 0 bridgehead atoms. The quantitative estimate of drug-likeness (QED) is 0.206. The van der Waals surface area contributed by atoms with Crippen LogP contribution in [0, 0.1) is 30.2 Å². The molecule has 10 nitrogen and oxygen atoms in total. The molecule has 46 heavy (non-hydrogen) atoms. The lowest BCUT2D eigenvalue weighted by molar-refractivity contribution is 0.398. The second-order valence-corrected chi connectivity index (χ2v) is 10.6. The van der Waals surface area contributed by atoms with Gasteiger partial charge in [0.05, 0.1) is 28.3 Å². The zero-order chi connectivity index (χ0) is 33.3. The number of pyridine rings is 2. The van der Waals surface area contributed by atoms with Crippen molar-refractivity contribution in [1.82, 2.24) is 39.5 Å². The fourth-order valence-corrected chi connectivity index (χ4v) is 4.84. The molecular weight excluding hydrogens is 651 g/mol. The second kappa shape index (κ2) is 13.1. The number of ether oxygens (including phenoxy) is 1. The van der Waals surface area contributed by atoms with E-state index in [-0.39, 0.29) is 50.7 Å². The Morgan fingerprint density at radius 3 is 1.85 bits per heavy atom. The zero-order valence-electron chi connectivity index (χ0n) is 24.4. The molecular formula is C30H22Cl2F4N8O2. The van der Waals surface area contributed by atoms with Crippen LogP contribution in [0.2, 0.25) is 10.0 Å². The van der Waals surface area contributed by atoms with E-state index in [1.807, 2.05) is 0 Å². The van der Waals surface area contributed by atoms with Crippen LogP contribution in [-0.4, -0.2) is 46.6 Å². The molecule has 4 aromatic heterocycles. The average molecular weight is 673 g/mol. The van der Waals surface area contributed by atoms with Crippen molar-refractivity contribution in [2.75, 3.05) is 7.11 Å². The number of methoxy groups -OCH3 is 1. The van der Waals surface area contributed by atoms with E-state index in [0.717, 1.165) is 12.1 Å². The number of halogens is 6. The highest BCUT2D eigenvalue weighted by Gasteiger charge is 2.23. The van der Waals surface area contributed by atoms with Gasteiger partial charge in [0.25, 0.3) is 0 Å². The number of hydrogen-bond acceptors (Lipinski definition) is 7. The van der Waals surface area contributed by atoms with Gasteiger partial charge in [-0.3, -0.25) is 4.79 Å². The number of nitrogens with one attached hydrogen (secondary N) is 1. The first-order chi connectivity index (χ1) is 21.9. The monoisotopic (exact) mass is 672 g/mol. The minimum atomic E-state index is -0.755. The first-order valence-electron chi connectivity index (χ1n) is 13.2. The highest BCUT2D eigenvalue weighted by Crippen LogP contribution is 2.32. The largest absolute Gasteiger partial charge is 0.481 e. The summed E-state index contributed by atoms with van der Waals surface area (Å²) < 4.78 is 64.0. The molecule has 0 saturated heterocycles. The second-order valence-electron chi connectivity index (χ2n) is 9.74. The molecule has 1 N–H and O–H groups in total. The molecule has 0 atom stereocenters. The molecule has 2 aromatic carbocycles. The van der Waals surface area contributed by atoms with E-state index >= 15 is 0 Å². The highest BCUT2D eigenvalue weighted by molar-refractivity contribution is 6.33. The summed E-state index contributed by atoms with van der Waals surface area (Å²) in [5, 5.41) is 16.1. The molecule has 0 unspecified atom stereocenters. The number of hydrogen-bond donors (Lipinski definition) is 1. The maximum absolute atomic E-state index is 14.2. The Bertz CT molecular complexity index is 2110. The van der Waals surface area contributed by atoms with Crippen molar-refractivity contribution in [2.45, 2.75) is 6.92 Å². The normalized spacial score (nSPS) is 10.9. The van der Waals surface area contributed by atoms with E-state index in [2.05, 4.69) is 30.4 Å². The summed E-state index contributed by atoms with van der Waals surface area (Å²) in [5.41, 5.74) is 0.103. The van der Waals surface area contributed by atoms with Crippen LogP contribution in [-0.2, 0) is 14.1 Å². The molecule has 0 aliphatic carbocycles. The summed E-state index contributed by atoms with van der Waals surface area (Å²) in [6, 6.07) is 11.9. The lowest BCUT2D eigenvalue weighted by atomic mass is 10.1. The summed E-state index contributed by atoms with van der Waals surface area (Å²) in [6.45, 7) is 1.61. The summed E-state index contributed by atoms with van der Waals surface area (Å²) in [5.74, 6) is -2.09. The Hall–Kier alpha value is -5.08. The minimum absolute atomic E-state index is 0.00799. The van der Waals surface area contributed by atoms with Gasteiger partial charge in [-0.15, -0.1) is 20.4 Å². The molecule has 6 aromatic rings. The summed E-state index contributed by atoms with van der Waals surface area (Å²) >= 11 is 12.2. The first-order valence-corrected chi connectivity index (χ1v) is 14.0. The van der Waals surface area contributed by atoms with Gasteiger partial charge in [-0.1, -0.05) is 29.3 Å². The van der Waals surface area contributed by atoms with Crippen molar-refractivity contribution in [2.24, 2.45) is 14.1 Å². The topological polar surface area (TPSA) is 116 Å². The van der Waals surface area contributed by atoms with Crippen LogP contribution in [0.25, 0.3) is 45.8 Å². The molecule has 0 aliphatic heterocycles. The molecule has 0 aliphatic rings. The van der Waals surface area contributed by atoms with Gasteiger partial charge in [-0.05, 0) is 48.9 Å². The standard InChI is InChI=1S/C16H13ClF2N4O.C14H9ClF2N4O/c1-8-6-10(18)13(11(19)7-8)15-21-22-16(23(15)2)14-9(17)4-5-12(20-14)24-3;1-21-13(11-8(16)3-2-4-9(11)17)19-20-14(21)12-7(15)5-6-10(22)18-12/h4-7H,1-3H3;2-6H,1H3,(H,18,22). The molecule has 0 spiro atoms. The first kappa shape index (κ1) is 32.3. The van der Waals surface area contributed by atoms with E-state index in [4.69, 9.17) is 27.9 Å². The molecule has 0 saturated carbocycles. The summed E-state index contributed by atoms with van der Waals surface area (Å²) in [4.78, 5) is 18.2. The highest BCUT2D eigenvalue weighted by atomic mass is 35.5. The van der Waals surface area contributed by atoms with Gasteiger partial charge in [-0.2, -0.15) is 0 Å². The Kier molecular flexibility index (Phi) is 9.21. The number of H-pyrrole nitrogens is 1. The summed E-state index contributed by atoms with van der Waals surface area (Å²) in [6.07, 6.45) is 0. The molecule has 0 amide bonds. The van der Waals surface area contributed by atoms with Crippen molar-refractivity contribution in [3.8, 4) is 51.7 Å². The number of aryl methyl sites for hydroxylation is 1. The van der Waals surface area contributed by atoms with E-state index < -0.39 is 23.3 Å². The van der Waals surface area contributed by atoms with Crippen molar-refractivity contribution < 1.29 is 22.3 Å². The van der Waals surface area contributed by atoms with Crippen LogP contribution in [0.3, 0.4) is 0 Å². The van der Waals surface area contributed by atoms with Crippen molar-refractivity contribution in [3.05, 3.63) is 104 Å². The predicted octanol–water partition coefficient (Wildman–Crippen LogP) is 6.56. The maximum atomic E-state index is 14.2. The van der Waals surface area contributed by atoms with Crippen molar-refractivity contribution >= 4 is 23.2 Å². The van der Waals surface area contributed by atoms with Gasteiger partial charge in [0.2, 0.25) is 11.4 Å². The SMILES string of the molecule is COc1ccc(Cl)c(-c2nnc(-c3c(F)cc(C)cc3F)n2C)n1.Cn1c(-c2[nH]c(=O)ccc2Cl)nnc1-c1c(F)cccc1F. The van der Waals surface area contributed by atoms with E-state index in [1.165, 1.54) is 53.6 Å². The fraction of sp³-hybridized carbons (Fsp3) is 0.133. The van der Waals surface area contributed by atoms with Gasteiger partial charge in [-0.25, -0.2) is 22.5 Å². The zero-order valence-corrected chi connectivity index (χ0v) is 25.9. The molecule has 16 heteroatoms. The van der Waals surface area contributed by atoms with Crippen LogP contribution < -0.4 is 10.3 Å². The van der Waals surface area contributed by atoms with Gasteiger partial charge in [0, 0.05) is 26.2 Å². The Morgan fingerprint density at radius 1 is 0.717 bits per heavy atom. The Morgan fingerprint density at radius 2 is 1.24 bits per heavy atom. The Balaban J connectivity index is 0.000000182. The van der Waals surface area contributed by atoms with Gasteiger partial charge < -0.3 is 18.9 Å². The number of rotatable bonds is 5. The van der Waals surface area contributed by atoms with Gasteiger partial charge >= 0.3 is 0 Å². The molecule has 6 rings (SSSR count). The number of aromatic nitrogens is 8. The van der Waals surface area contributed by atoms with Crippen LogP contribution in [0.4, 0.5) is 17.6 Å². The van der Waals surface area contributed by atoms with E-state index in [0.29, 0.717) is 22.2 Å². The molecule has 0 radical (unpaired) electrons. The third-order valence-corrected chi connectivity index (χ3v) is 7.30. The smallest absolute Gasteiger partial charge is 0.248 e. The van der Waals surface area contributed by atoms with Crippen LogP contribution in [0.5, 0.6) is 5.88 Å². The molecule has 0 fully saturated rings. The minimum Gasteiger partial charge on any atom is -0.481 e.